The SMILES string of the molecule is Cc1cc(NC2CCC(N)CC2)cc(C2=NN=C(c3ccc(C(F)(F)F)c(Cl)c3)C2)c1. The van der Waals surface area contributed by atoms with Crippen LogP contribution in [0.15, 0.2) is 46.6 Å². The number of halogens is 4. The van der Waals surface area contributed by atoms with E-state index in [4.69, 9.17) is 17.3 Å². The first kappa shape index (κ1) is 21.8. The van der Waals surface area contributed by atoms with Crippen LogP contribution in [0.3, 0.4) is 0 Å². The van der Waals surface area contributed by atoms with Crippen LogP contribution in [0.4, 0.5) is 18.9 Å². The lowest BCUT2D eigenvalue weighted by Gasteiger charge is -2.28. The Morgan fingerprint density at radius 1 is 0.968 bits per heavy atom. The van der Waals surface area contributed by atoms with Crippen LogP contribution in [-0.4, -0.2) is 23.5 Å². The van der Waals surface area contributed by atoms with Crippen molar-refractivity contribution < 1.29 is 13.2 Å². The smallest absolute Gasteiger partial charge is 0.382 e. The van der Waals surface area contributed by atoms with Crippen LogP contribution in [0.5, 0.6) is 0 Å². The number of aryl methyl sites for hydroxylation is 1. The maximum atomic E-state index is 13.0. The molecule has 0 spiro atoms. The molecule has 1 saturated carbocycles. The van der Waals surface area contributed by atoms with Crippen molar-refractivity contribution in [1.82, 2.24) is 0 Å². The number of anilines is 1. The molecule has 0 atom stereocenters. The van der Waals surface area contributed by atoms with Gasteiger partial charge in [0.25, 0.3) is 0 Å². The number of nitrogens with two attached hydrogens (primary N) is 1. The van der Waals surface area contributed by atoms with Crippen molar-refractivity contribution in [1.29, 1.82) is 0 Å². The highest BCUT2D eigenvalue weighted by Crippen LogP contribution is 2.35. The Hall–Kier alpha value is -2.38. The van der Waals surface area contributed by atoms with E-state index in [0.717, 1.165) is 54.3 Å². The fraction of sp³-hybridized carbons (Fsp3) is 0.391. The van der Waals surface area contributed by atoms with Gasteiger partial charge in [-0.3, -0.25) is 0 Å². The first-order valence-corrected chi connectivity index (χ1v) is 10.7. The average Bonchev–Trinajstić information content (AvgIpc) is 3.19. The number of nitrogens with zero attached hydrogens (tertiary/aromatic N) is 2. The second-order valence-electron chi connectivity index (χ2n) is 8.31. The van der Waals surface area contributed by atoms with Gasteiger partial charge in [-0.05, 0) is 74.1 Å². The van der Waals surface area contributed by atoms with Crippen molar-refractivity contribution in [2.45, 2.75) is 57.3 Å². The molecule has 1 fully saturated rings. The van der Waals surface area contributed by atoms with Gasteiger partial charge in [-0.1, -0.05) is 17.7 Å². The number of benzene rings is 2. The highest BCUT2D eigenvalue weighted by molar-refractivity contribution is 6.32. The average molecular weight is 449 g/mol. The summed E-state index contributed by atoms with van der Waals surface area (Å²) >= 11 is 5.86. The highest BCUT2D eigenvalue weighted by Gasteiger charge is 2.33. The normalized spacial score (nSPS) is 21.6. The molecule has 4 rings (SSSR count). The minimum atomic E-state index is -4.48. The molecule has 3 N–H and O–H groups in total. The van der Waals surface area contributed by atoms with E-state index < -0.39 is 11.7 Å². The number of alkyl halides is 3. The zero-order chi connectivity index (χ0) is 22.2. The van der Waals surface area contributed by atoms with E-state index in [1.165, 1.54) is 12.1 Å². The summed E-state index contributed by atoms with van der Waals surface area (Å²) in [4.78, 5) is 0. The Kier molecular flexibility index (Phi) is 6.08. The van der Waals surface area contributed by atoms with Gasteiger partial charge >= 0.3 is 6.18 Å². The summed E-state index contributed by atoms with van der Waals surface area (Å²) in [5, 5.41) is 11.8. The van der Waals surface area contributed by atoms with Crippen LogP contribution < -0.4 is 11.1 Å². The van der Waals surface area contributed by atoms with Crippen molar-refractivity contribution in [3.8, 4) is 0 Å². The van der Waals surface area contributed by atoms with Crippen LogP contribution in [0.1, 0.15) is 54.4 Å². The zero-order valence-corrected chi connectivity index (χ0v) is 17.9. The zero-order valence-electron chi connectivity index (χ0n) is 17.1. The Morgan fingerprint density at radius 2 is 1.65 bits per heavy atom. The summed E-state index contributed by atoms with van der Waals surface area (Å²) in [6, 6.07) is 10.6. The van der Waals surface area contributed by atoms with Crippen LogP contribution in [-0.2, 0) is 6.18 Å². The summed E-state index contributed by atoms with van der Waals surface area (Å²) in [7, 11) is 0. The van der Waals surface area contributed by atoms with Crippen LogP contribution in [0, 0.1) is 6.92 Å². The molecule has 2 aromatic rings. The second-order valence-corrected chi connectivity index (χ2v) is 8.71. The monoisotopic (exact) mass is 448 g/mol. The minimum absolute atomic E-state index is 0.299. The van der Waals surface area contributed by atoms with Gasteiger partial charge in [0, 0.05) is 29.8 Å². The molecule has 4 nitrogen and oxygen atoms in total. The van der Waals surface area contributed by atoms with Gasteiger partial charge in [-0.25, -0.2) is 0 Å². The van der Waals surface area contributed by atoms with Gasteiger partial charge in [0.2, 0.25) is 0 Å². The van der Waals surface area contributed by atoms with E-state index in [1.807, 2.05) is 13.0 Å². The minimum Gasteiger partial charge on any atom is -0.382 e. The summed E-state index contributed by atoms with van der Waals surface area (Å²) < 4.78 is 38.9. The molecule has 1 aliphatic heterocycles. The predicted molar refractivity (Wildman–Crippen MR) is 119 cm³/mol. The Morgan fingerprint density at radius 3 is 2.29 bits per heavy atom. The van der Waals surface area contributed by atoms with Crippen LogP contribution >= 0.6 is 11.6 Å². The summed E-state index contributed by atoms with van der Waals surface area (Å²) in [6.07, 6.45) is 0.0958. The van der Waals surface area contributed by atoms with Gasteiger partial charge < -0.3 is 11.1 Å². The number of hydrogen-bond acceptors (Lipinski definition) is 4. The topological polar surface area (TPSA) is 62.8 Å². The molecule has 2 aromatic carbocycles. The lowest BCUT2D eigenvalue weighted by atomic mass is 9.91. The van der Waals surface area contributed by atoms with E-state index in [1.54, 1.807) is 0 Å². The number of rotatable bonds is 4. The first-order chi connectivity index (χ1) is 14.7. The summed E-state index contributed by atoms with van der Waals surface area (Å²) in [5.74, 6) is 0. The third kappa shape index (κ3) is 5.10. The van der Waals surface area contributed by atoms with E-state index >= 15 is 0 Å². The van der Waals surface area contributed by atoms with E-state index in [9.17, 15) is 13.2 Å². The van der Waals surface area contributed by atoms with Crippen molar-refractivity contribution in [2.24, 2.45) is 15.9 Å². The van der Waals surface area contributed by atoms with Crippen LogP contribution in [0.2, 0.25) is 5.02 Å². The summed E-state index contributed by atoms with van der Waals surface area (Å²) in [5.41, 5.74) is 10.2. The van der Waals surface area contributed by atoms with Crippen molar-refractivity contribution >= 4 is 28.7 Å². The van der Waals surface area contributed by atoms with Crippen LogP contribution in [0.25, 0.3) is 0 Å². The molecule has 1 aliphatic carbocycles. The first-order valence-electron chi connectivity index (χ1n) is 10.3. The van der Waals surface area contributed by atoms with Gasteiger partial charge in [-0.15, -0.1) is 0 Å². The van der Waals surface area contributed by atoms with Gasteiger partial charge in [0.1, 0.15) is 0 Å². The van der Waals surface area contributed by atoms with Crippen molar-refractivity contribution in [3.63, 3.8) is 0 Å². The fourth-order valence-corrected chi connectivity index (χ4v) is 4.41. The lowest BCUT2D eigenvalue weighted by Crippen LogP contribution is -2.32. The molecule has 2 aliphatic rings. The Balaban J connectivity index is 1.47. The van der Waals surface area contributed by atoms with Gasteiger partial charge in [0.15, 0.2) is 0 Å². The molecule has 0 bridgehead atoms. The molecule has 1 heterocycles. The third-order valence-corrected chi connectivity index (χ3v) is 6.10. The molecule has 0 amide bonds. The molecule has 8 heteroatoms. The van der Waals surface area contributed by atoms with Crippen molar-refractivity contribution in [3.05, 3.63) is 63.7 Å². The molecular weight excluding hydrogens is 425 g/mol. The Labute approximate surface area is 184 Å². The largest absolute Gasteiger partial charge is 0.417 e. The predicted octanol–water partition coefficient (Wildman–Crippen LogP) is 5.95. The van der Waals surface area contributed by atoms with Gasteiger partial charge in [-0.2, -0.15) is 23.4 Å². The van der Waals surface area contributed by atoms with E-state index in [0.29, 0.717) is 29.8 Å². The molecule has 164 valence electrons. The second kappa shape index (κ2) is 8.63. The quantitative estimate of drug-likeness (QED) is 0.607. The van der Waals surface area contributed by atoms with Gasteiger partial charge in [0.05, 0.1) is 22.0 Å². The van der Waals surface area contributed by atoms with E-state index in [2.05, 4.69) is 27.7 Å². The third-order valence-electron chi connectivity index (χ3n) is 5.79. The number of nitrogens with one attached hydrogen (secondary N) is 1. The fourth-order valence-electron chi connectivity index (χ4n) is 4.13. The summed E-state index contributed by atoms with van der Waals surface area (Å²) in [6.45, 7) is 2.03. The molecule has 0 saturated heterocycles. The molecule has 0 unspecified atom stereocenters. The van der Waals surface area contributed by atoms with E-state index in [-0.39, 0.29) is 5.02 Å². The standard InChI is InChI=1S/C23H24ClF3N4/c1-13-8-15(10-18(9-13)29-17-5-3-16(28)4-6-17)22-12-21(30-31-22)14-2-7-19(20(24)11-14)23(25,26)27/h2,7-11,16-17,29H,3-6,12,28H2,1H3. The maximum Gasteiger partial charge on any atom is 0.417 e. The molecule has 31 heavy (non-hydrogen) atoms. The number of hydrogen-bond donors (Lipinski definition) is 2. The molecule has 0 radical (unpaired) electrons. The molecular formula is C23H24ClF3N4. The molecule has 0 aromatic heterocycles. The lowest BCUT2D eigenvalue weighted by molar-refractivity contribution is -0.137. The maximum absolute atomic E-state index is 13.0. The highest BCUT2D eigenvalue weighted by atomic mass is 35.5. The Bertz CT molecular complexity index is 1040. The van der Waals surface area contributed by atoms with Crippen molar-refractivity contribution in [2.75, 3.05) is 5.32 Å².